The number of anilines is 1. The Labute approximate surface area is 118 Å². The van der Waals surface area contributed by atoms with E-state index in [0.717, 1.165) is 44.4 Å². The molecule has 1 unspecified atom stereocenters. The average molecular weight is 287 g/mol. The molecule has 19 heavy (non-hydrogen) atoms. The van der Waals surface area contributed by atoms with Crippen LogP contribution in [0.5, 0.6) is 0 Å². The van der Waals surface area contributed by atoms with Crippen LogP contribution in [0.3, 0.4) is 0 Å². The van der Waals surface area contributed by atoms with Gasteiger partial charge in [-0.1, -0.05) is 6.92 Å². The molecule has 0 saturated heterocycles. The number of hydrogen-bond donors (Lipinski definition) is 1. The highest BCUT2D eigenvalue weighted by atomic mass is 32.2. The molecule has 0 aromatic carbocycles. The number of ether oxygens (including phenoxy) is 1. The average Bonchev–Trinajstić information content (AvgIpc) is 2.76. The Hall–Kier alpha value is -0.880. The van der Waals surface area contributed by atoms with E-state index in [1.807, 2.05) is 31.5 Å². The third-order valence-electron chi connectivity index (χ3n) is 2.73. The lowest BCUT2D eigenvalue weighted by Crippen LogP contribution is -2.13. The van der Waals surface area contributed by atoms with Crippen molar-refractivity contribution < 1.29 is 8.95 Å². The lowest BCUT2D eigenvalue weighted by atomic mass is 10.4. The van der Waals surface area contributed by atoms with Gasteiger partial charge >= 0.3 is 0 Å². The van der Waals surface area contributed by atoms with Gasteiger partial charge in [0.05, 0.1) is 5.69 Å². The first-order chi connectivity index (χ1) is 9.17. The molecule has 5 nitrogen and oxygen atoms in total. The van der Waals surface area contributed by atoms with Crippen LogP contribution in [-0.4, -0.2) is 45.0 Å². The second-order valence-electron chi connectivity index (χ2n) is 4.31. The lowest BCUT2D eigenvalue weighted by Gasteiger charge is -2.09. The van der Waals surface area contributed by atoms with Gasteiger partial charge in [-0.25, -0.2) is 4.98 Å². The van der Waals surface area contributed by atoms with Crippen LogP contribution in [0.15, 0.2) is 6.20 Å². The molecule has 0 spiro atoms. The van der Waals surface area contributed by atoms with Crippen molar-refractivity contribution in [2.24, 2.45) is 0 Å². The van der Waals surface area contributed by atoms with Crippen LogP contribution in [0, 0.1) is 6.92 Å². The number of rotatable bonds is 10. The largest absolute Gasteiger partial charge is 0.382 e. The minimum atomic E-state index is -0.733. The summed E-state index contributed by atoms with van der Waals surface area (Å²) in [4.78, 5) is 4.44. The first-order valence-electron chi connectivity index (χ1n) is 6.87. The summed E-state index contributed by atoms with van der Waals surface area (Å²) >= 11 is 0. The van der Waals surface area contributed by atoms with E-state index in [0.29, 0.717) is 11.5 Å². The van der Waals surface area contributed by atoms with Gasteiger partial charge in [-0.15, -0.1) is 0 Å². The third-order valence-corrected chi connectivity index (χ3v) is 4.01. The standard InChI is InChI=1S/C13H25N3O2S/c1-4-18-9-6-7-14-13-15-12(3)11-16(13)8-10-19(17)5-2/h11H,4-10H2,1-3H3,(H,14,15). The zero-order valence-corrected chi connectivity index (χ0v) is 13.0. The minimum absolute atomic E-state index is 0.680. The van der Waals surface area contributed by atoms with Gasteiger partial charge in [-0.3, -0.25) is 4.21 Å². The molecular weight excluding hydrogens is 262 g/mol. The van der Waals surface area contributed by atoms with Gasteiger partial charge in [-0.05, 0) is 20.3 Å². The summed E-state index contributed by atoms with van der Waals surface area (Å²) < 4.78 is 18.8. The van der Waals surface area contributed by atoms with Crippen LogP contribution >= 0.6 is 0 Å². The molecule has 0 radical (unpaired) electrons. The van der Waals surface area contributed by atoms with Gasteiger partial charge in [0, 0.05) is 54.8 Å². The smallest absolute Gasteiger partial charge is 0.203 e. The molecule has 1 rings (SSSR count). The van der Waals surface area contributed by atoms with Crippen molar-refractivity contribution in [1.82, 2.24) is 9.55 Å². The lowest BCUT2D eigenvalue weighted by molar-refractivity contribution is 0.147. The fourth-order valence-electron chi connectivity index (χ4n) is 1.72. The predicted molar refractivity (Wildman–Crippen MR) is 80.1 cm³/mol. The number of aryl methyl sites for hydroxylation is 2. The van der Waals surface area contributed by atoms with Crippen molar-refractivity contribution in [3.05, 3.63) is 11.9 Å². The van der Waals surface area contributed by atoms with E-state index in [2.05, 4.69) is 10.3 Å². The highest BCUT2D eigenvalue weighted by Crippen LogP contribution is 2.08. The van der Waals surface area contributed by atoms with E-state index >= 15 is 0 Å². The molecule has 1 N–H and O–H groups in total. The van der Waals surface area contributed by atoms with E-state index in [1.165, 1.54) is 0 Å². The molecule has 1 atom stereocenters. The SMILES string of the molecule is CCOCCCNc1nc(C)cn1CCS(=O)CC. The molecular formula is C13H25N3O2S. The van der Waals surface area contributed by atoms with Gasteiger partial charge in [0.15, 0.2) is 0 Å². The van der Waals surface area contributed by atoms with E-state index in [1.54, 1.807) is 0 Å². The first-order valence-corrected chi connectivity index (χ1v) is 8.36. The summed E-state index contributed by atoms with van der Waals surface area (Å²) in [5.41, 5.74) is 0.981. The van der Waals surface area contributed by atoms with E-state index in [-0.39, 0.29) is 0 Å². The Morgan fingerprint density at radius 3 is 2.95 bits per heavy atom. The topological polar surface area (TPSA) is 56.1 Å². The van der Waals surface area contributed by atoms with Crippen molar-refractivity contribution >= 4 is 16.7 Å². The van der Waals surface area contributed by atoms with Crippen LogP contribution in [-0.2, 0) is 22.1 Å². The van der Waals surface area contributed by atoms with Crippen molar-refractivity contribution in [3.8, 4) is 0 Å². The molecule has 0 bridgehead atoms. The van der Waals surface area contributed by atoms with E-state index in [4.69, 9.17) is 4.74 Å². The fraction of sp³-hybridized carbons (Fsp3) is 0.769. The highest BCUT2D eigenvalue weighted by molar-refractivity contribution is 7.84. The van der Waals surface area contributed by atoms with Crippen molar-refractivity contribution in [1.29, 1.82) is 0 Å². The molecule has 1 heterocycles. The maximum atomic E-state index is 11.5. The summed E-state index contributed by atoms with van der Waals surface area (Å²) in [5, 5.41) is 3.31. The van der Waals surface area contributed by atoms with Crippen LogP contribution in [0.4, 0.5) is 5.95 Å². The van der Waals surface area contributed by atoms with Gasteiger partial charge < -0.3 is 14.6 Å². The summed E-state index contributed by atoms with van der Waals surface area (Å²) in [7, 11) is -0.733. The molecule has 6 heteroatoms. The second kappa shape index (κ2) is 9.09. The van der Waals surface area contributed by atoms with Crippen molar-refractivity contribution in [2.45, 2.75) is 33.7 Å². The highest BCUT2D eigenvalue weighted by Gasteiger charge is 2.06. The molecule has 0 saturated carbocycles. The molecule has 0 aliphatic heterocycles. The molecule has 1 aromatic heterocycles. The predicted octanol–water partition coefficient (Wildman–Crippen LogP) is 1.80. The summed E-state index contributed by atoms with van der Waals surface area (Å²) in [5.74, 6) is 2.26. The Bertz CT molecular complexity index is 393. The van der Waals surface area contributed by atoms with E-state index in [9.17, 15) is 4.21 Å². The molecule has 0 fully saturated rings. The van der Waals surface area contributed by atoms with Crippen molar-refractivity contribution in [3.63, 3.8) is 0 Å². The van der Waals surface area contributed by atoms with Crippen LogP contribution < -0.4 is 5.32 Å². The third kappa shape index (κ3) is 6.20. The molecule has 0 amide bonds. The van der Waals surface area contributed by atoms with Crippen molar-refractivity contribution in [2.75, 3.05) is 36.6 Å². The maximum absolute atomic E-state index is 11.5. The quantitative estimate of drug-likeness (QED) is 0.667. The number of imidazole rings is 1. The van der Waals surface area contributed by atoms with Crippen LogP contribution in [0.2, 0.25) is 0 Å². The van der Waals surface area contributed by atoms with Gasteiger partial charge in [0.2, 0.25) is 5.95 Å². The summed E-state index contributed by atoms with van der Waals surface area (Å²) in [6.07, 6.45) is 2.96. The molecule has 110 valence electrons. The Morgan fingerprint density at radius 1 is 1.47 bits per heavy atom. The van der Waals surface area contributed by atoms with Crippen LogP contribution in [0.25, 0.3) is 0 Å². The number of hydrogen-bond acceptors (Lipinski definition) is 4. The zero-order valence-electron chi connectivity index (χ0n) is 12.1. The number of aromatic nitrogens is 2. The second-order valence-corrected chi connectivity index (χ2v) is 6.17. The normalized spacial score (nSPS) is 12.6. The van der Waals surface area contributed by atoms with Gasteiger partial charge in [0.25, 0.3) is 0 Å². The zero-order chi connectivity index (χ0) is 14.1. The molecule has 0 aliphatic rings. The maximum Gasteiger partial charge on any atom is 0.203 e. The molecule has 0 aliphatic carbocycles. The summed E-state index contributed by atoms with van der Waals surface area (Å²) in [6.45, 7) is 9.03. The number of nitrogens with zero attached hydrogens (tertiary/aromatic N) is 2. The van der Waals surface area contributed by atoms with Gasteiger partial charge in [0.1, 0.15) is 0 Å². The number of nitrogens with one attached hydrogen (secondary N) is 1. The van der Waals surface area contributed by atoms with E-state index < -0.39 is 10.8 Å². The van der Waals surface area contributed by atoms with Crippen LogP contribution in [0.1, 0.15) is 26.0 Å². The molecule has 1 aromatic rings. The summed E-state index contributed by atoms with van der Waals surface area (Å²) in [6, 6.07) is 0. The first kappa shape index (κ1) is 16.2. The Balaban J connectivity index is 2.41. The monoisotopic (exact) mass is 287 g/mol. The Kier molecular flexibility index (Phi) is 7.74. The van der Waals surface area contributed by atoms with Gasteiger partial charge in [-0.2, -0.15) is 0 Å². The fourth-order valence-corrected chi connectivity index (χ4v) is 2.41. The minimum Gasteiger partial charge on any atom is -0.382 e. The Morgan fingerprint density at radius 2 is 2.26 bits per heavy atom.